The number of nitriles is 1. The summed E-state index contributed by atoms with van der Waals surface area (Å²) in [4.78, 5) is 25.5. The van der Waals surface area contributed by atoms with E-state index < -0.39 is 29.4 Å². The fraction of sp³-hybridized carbons (Fsp3) is 0.231. The van der Waals surface area contributed by atoms with Gasteiger partial charge in [0.2, 0.25) is 0 Å². The van der Waals surface area contributed by atoms with Crippen LogP contribution in [0.1, 0.15) is 35.1 Å². The topological polar surface area (TPSA) is 117 Å². The first-order chi connectivity index (χ1) is 16.9. The molecule has 3 aromatic carbocycles. The van der Waals surface area contributed by atoms with Crippen molar-refractivity contribution in [1.82, 2.24) is 5.32 Å². The number of fused-ring (bicyclic) bond motifs is 2. The molecule has 1 saturated heterocycles. The predicted octanol–water partition coefficient (Wildman–Crippen LogP) is 4.47. The number of halogens is 1. The van der Waals surface area contributed by atoms with Gasteiger partial charge in [0.1, 0.15) is 12.4 Å². The van der Waals surface area contributed by atoms with Crippen LogP contribution >= 0.6 is 15.9 Å². The van der Waals surface area contributed by atoms with Crippen LogP contribution in [0.3, 0.4) is 0 Å². The van der Waals surface area contributed by atoms with Gasteiger partial charge in [-0.3, -0.25) is 20.2 Å². The maximum atomic E-state index is 13.3. The molecule has 0 unspecified atom stereocenters. The summed E-state index contributed by atoms with van der Waals surface area (Å²) in [5.41, 5.74) is 1.47. The zero-order valence-corrected chi connectivity index (χ0v) is 20.3. The van der Waals surface area contributed by atoms with Gasteiger partial charge in [-0.2, -0.15) is 5.26 Å². The summed E-state index contributed by atoms with van der Waals surface area (Å²) in [6.07, 6.45) is 0. The first kappa shape index (κ1) is 23.0. The molecule has 35 heavy (non-hydrogen) atoms. The molecule has 1 spiro atoms. The van der Waals surface area contributed by atoms with Crippen LogP contribution in [-0.4, -0.2) is 22.9 Å². The quantitative estimate of drug-likeness (QED) is 0.369. The van der Waals surface area contributed by atoms with Crippen molar-refractivity contribution in [1.29, 1.82) is 5.26 Å². The molecule has 0 bridgehead atoms. The summed E-state index contributed by atoms with van der Waals surface area (Å²) in [6, 6.07) is 20.0. The predicted molar refractivity (Wildman–Crippen MR) is 133 cm³/mol. The van der Waals surface area contributed by atoms with Gasteiger partial charge in [0.15, 0.2) is 5.54 Å². The minimum absolute atomic E-state index is 0.129. The lowest BCUT2D eigenvalue weighted by Gasteiger charge is -2.26. The summed E-state index contributed by atoms with van der Waals surface area (Å²) in [7, 11) is 0. The number of anilines is 1. The summed E-state index contributed by atoms with van der Waals surface area (Å²) in [5.74, 6) is -0.633. The molecule has 4 atom stereocenters. The third kappa shape index (κ3) is 3.66. The van der Waals surface area contributed by atoms with Gasteiger partial charge in [0.05, 0.1) is 17.6 Å². The number of nitrogens with zero attached hydrogens (tertiary/aromatic N) is 2. The Morgan fingerprint density at radius 1 is 1.17 bits per heavy atom. The van der Waals surface area contributed by atoms with Crippen LogP contribution in [0.2, 0.25) is 0 Å². The Morgan fingerprint density at radius 3 is 2.69 bits per heavy atom. The lowest BCUT2D eigenvalue weighted by Crippen LogP contribution is -2.54. The number of hydrogen-bond acceptors (Lipinski definition) is 6. The van der Waals surface area contributed by atoms with Crippen molar-refractivity contribution in [2.24, 2.45) is 0 Å². The van der Waals surface area contributed by atoms with Crippen molar-refractivity contribution in [3.05, 3.63) is 104 Å². The van der Waals surface area contributed by atoms with Crippen molar-refractivity contribution < 1.29 is 14.5 Å². The Hall–Kier alpha value is -3.74. The molecule has 0 radical (unpaired) electrons. The number of ether oxygens (including phenoxy) is 1. The lowest BCUT2D eigenvalue weighted by molar-refractivity contribution is -0.532. The second-order valence-corrected chi connectivity index (χ2v) is 9.65. The number of carbonyl (C=O) groups excluding carboxylic acids is 1. The van der Waals surface area contributed by atoms with Crippen LogP contribution in [0.4, 0.5) is 5.69 Å². The van der Waals surface area contributed by atoms with E-state index in [9.17, 15) is 20.2 Å². The van der Waals surface area contributed by atoms with E-state index in [1.165, 1.54) is 0 Å². The number of benzene rings is 3. The van der Waals surface area contributed by atoms with E-state index >= 15 is 0 Å². The van der Waals surface area contributed by atoms with Crippen LogP contribution in [0.25, 0.3) is 0 Å². The normalized spacial score (nSPS) is 24.6. The number of carbonyl (C=O) groups is 1. The zero-order chi connectivity index (χ0) is 24.7. The number of nitro groups is 1. The van der Waals surface area contributed by atoms with E-state index in [-0.39, 0.29) is 11.5 Å². The second kappa shape index (κ2) is 8.80. The molecule has 0 saturated carbocycles. The minimum atomic E-state index is -1.50. The van der Waals surface area contributed by atoms with E-state index in [0.29, 0.717) is 33.7 Å². The summed E-state index contributed by atoms with van der Waals surface area (Å²) in [6.45, 7) is 1.98. The van der Waals surface area contributed by atoms with E-state index in [4.69, 9.17) is 4.74 Å². The molecule has 2 heterocycles. The molecular weight excluding hydrogens is 512 g/mol. The standard InChI is InChI=1S/C26H21BrN4O4/c1-15-23(24(31(33)34)26(30-15)20-8-4-5-9-21(20)29-25(26)32)19-12-18(27)10-11-22(19)35-14-17-7-3-2-6-16(17)13-28/h2-12,15,23-24,30H,14H2,1H3,(H,29,32)/t15-,23-,24-,26-/m0/s1. The van der Waals surface area contributed by atoms with Crippen molar-refractivity contribution in [3.63, 3.8) is 0 Å². The molecule has 0 aliphatic carbocycles. The minimum Gasteiger partial charge on any atom is -0.489 e. The molecule has 3 aromatic rings. The first-order valence-corrected chi connectivity index (χ1v) is 11.9. The molecule has 176 valence electrons. The van der Waals surface area contributed by atoms with Gasteiger partial charge in [-0.15, -0.1) is 0 Å². The smallest absolute Gasteiger partial charge is 0.256 e. The van der Waals surface area contributed by atoms with Crippen LogP contribution in [0, 0.1) is 21.4 Å². The van der Waals surface area contributed by atoms with Gasteiger partial charge in [-0.1, -0.05) is 52.3 Å². The number of amides is 1. The van der Waals surface area contributed by atoms with E-state index in [2.05, 4.69) is 32.6 Å². The summed E-state index contributed by atoms with van der Waals surface area (Å²) < 4.78 is 6.87. The Morgan fingerprint density at radius 2 is 1.91 bits per heavy atom. The number of para-hydroxylation sites is 1. The largest absolute Gasteiger partial charge is 0.489 e. The maximum absolute atomic E-state index is 13.3. The van der Waals surface area contributed by atoms with Crippen LogP contribution < -0.4 is 15.4 Å². The lowest BCUT2D eigenvalue weighted by atomic mass is 9.78. The Bertz CT molecular complexity index is 1390. The number of hydrogen-bond donors (Lipinski definition) is 2. The van der Waals surface area contributed by atoms with E-state index in [0.717, 1.165) is 4.47 Å². The van der Waals surface area contributed by atoms with E-state index in [1.807, 2.05) is 25.1 Å². The van der Waals surface area contributed by atoms with Gasteiger partial charge < -0.3 is 10.1 Å². The van der Waals surface area contributed by atoms with Crippen molar-refractivity contribution >= 4 is 27.5 Å². The summed E-state index contributed by atoms with van der Waals surface area (Å²) in [5, 5.41) is 28.1. The highest BCUT2D eigenvalue weighted by Gasteiger charge is 2.68. The number of rotatable bonds is 5. The highest BCUT2D eigenvalue weighted by atomic mass is 79.9. The Kier molecular flexibility index (Phi) is 5.79. The Balaban J connectivity index is 1.58. The molecule has 2 N–H and O–H groups in total. The maximum Gasteiger partial charge on any atom is 0.256 e. The van der Waals surface area contributed by atoms with Gasteiger partial charge >= 0.3 is 0 Å². The fourth-order valence-electron chi connectivity index (χ4n) is 5.34. The first-order valence-electron chi connectivity index (χ1n) is 11.1. The van der Waals surface area contributed by atoms with Crippen LogP contribution in [-0.2, 0) is 16.9 Å². The zero-order valence-electron chi connectivity index (χ0n) is 18.7. The molecule has 9 heteroatoms. The third-order valence-corrected chi connectivity index (χ3v) is 7.31. The molecule has 1 amide bonds. The van der Waals surface area contributed by atoms with Crippen molar-refractivity contribution in [2.45, 2.75) is 37.1 Å². The average Bonchev–Trinajstić information content (AvgIpc) is 3.31. The van der Waals surface area contributed by atoms with Crippen LogP contribution in [0.5, 0.6) is 5.75 Å². The highest BCUT2D eigenvalue weighted by Crippen LogP contribution is 2.51. The molecular formula is C26H21BrN4O4. The summed E-state index contributed by atoms with van der Waals surface area (Å²) >= 11 is 3.48. The van der Waals surface area contributed by atoms with Crippen molar-refractivity contribution in [3.8, 4) is 11.8 Å². The van der Waals surface area contributed by atoms with Crippen molar-refractivity contribution in [2.75, 3.05) is 5.32 Å². The monoisotopic (exact) mass is 532 g/mol. The second-order valence-electron chi connectivity index (χ2n) is 8.74. The molecule has 1 fully saturated rings. The molecule has 2 aliphatic rings. The highest BCUT2D eigenvalue weighted by molar-refractivity contribution is 9.10. The van der Waals surface area contributed by atoms with Gasteiger partial charge in [-0.25, -0.2) is 0 Å². The van der Waals surface area contributed by atoms with Gasteiger partial charge in [0.25, 0.3) is 11.9 Å². The number of nitrogens with one attached hydrogen (secondary N) is 2. The molecule has 0 aromatic heterocycles. The third-order valence-electron chi connectivity index (χ3n) is 6.82. The molecule has 5 rings (SSSR count). The Labute approximate surface area is 210 Å². The SMILES string of the molecule is C[C@@H]1N[C@]2(C(=O)Nc3ccccc32)[C@@H]([N+](=O)[O-])[C@@H]1c1cc(Br)ccc1OCc1ccccc1C#N. The van der Waals surface area contributed by atoms with E-state index in [1.54, 1.807) is 48.5 Å². The van der Waals surface area contributed by atoms with Gasteiger partial charge in [0, 0.05) is 37.8 Å². The molecule has 2 aliphatic heterocycles. The fourth-order valence-corrected chi connectivity index (χ4v) is 5.72. The molecule has 8 nitrogen and oxygen atoms in total. The average molecular weight is 533 g/mol. The van der Waals surface area contributed by atoms with Gasteiger partial charge in [-0.05, 0) is 37.3 Å². The van der Waals surface area contributed by atoms with Crippen LogP contribution in [0.15, 0.2) is 71.2 Å².